The minimum atomic E-state index is -0.258. The van der Waals surface area contributed by atoms with Gasteiger partial charge in [0.2, 0.25) is 0 Å². The van der Waals surface area contributed by atoms with Crippen LogP contribution in [-0.4, -0.2) is 11.6 Å². The fourth-order valence-corrected chi connectivity index (χ4v) is 2.16. The van der Waals surface area contributed by atoms with E-state index in [1.54, 1.807) is 12.4 Å². The molecule has 0 saturated heterocycles. The quantitative estimate of drug-likeness (QED) is 0.930. The van der Waals surface area contributed by atoms with Gasteiger partial charge in [0.05, 0.1) is 18.8 Å². The lowest BCUT2D eigenvalue weighted by atomic mass is 9.97. The number of ether oxygens (including phenoxy) is 1. The van der Waals surface area contributed by atoms with Crippen molar-refractivity contribution in [2.24, 2.45) is 5.73 Å². The zero-order chi connectivity index (χ0) is 13.8. The van der Waals surface area contributed by atoms with Gasteiger partial charge in [-0.2, -0.15) is 0 Å². The molecule has 0 fully saturated rings. The van der Waals surface area contributed by atoms with E-state index in [-0.39, 0.29) is 6.04 Å². The molecule has 0 spiro atoms. The predicted octanol–water partition coefficient (Wildman–Crippen LogP) is 3.49. The molecule has 1 aromatic heterocycles. The first-order chi connectivity index (χ1) is 9.11. The standard InChI is InChI=1S/C15H17ClN2O/c1-3-19-13-6-11(8-18-9-13)15(17)14-7-12(16)5-4-10(14)2/h4-9,15H,3,17H2,1-2H3. The lowest BCUT2D eigenvalue weighted by Crippen LogP contribution is -2.13. The van der Waals surface area contributed by atoms with Crippen molar-refractivity contribution in [3.8, 4) is 5.75 Å². The van der Waals surface area contributed by atoms with E-state index in [0.717, 1.165) is 22.4 Å². The molecule has 2 rings (SSSR count). The average Bonchev–Trinajstić information content (AvgIpc) is 2.41. The molecule has 19 heavy (non-hydrogen) atoms. The molecule has 1 aromatic carbocycles. The number of pyridine rings is 1. The third-order valence-corrected chi connectivity index (χ3v) is 3.22. The van der Waals surface area contributed by atoms with Gasteiger partial charge in [0.25, 0.3) is 0 Å². The SMILES string of the molecule is CCOc1cncc(C(N)c2cc(Cl)ccc2C)c1. The summed E-state index contributed by atoms with van der Waals surface area (Å²) in [5.41, 5.74) is 9.32. The topological polar surface area (TPSA) is 48.1 Å². The summed E-state index contributed by atoms with van der Waals surface area (Å²) < 4.78 is 5.44. The van der Waals surface area contributed by atoms with Crippen LogP contribution in [0.25, 0.3) is 0 Å². The third kappa shape index (κ3) is 3.25. The van der Waals surface area contributed by atoms with Crippen LogP contribution in [0.2, 0.25) is 5.02 Å². The van der Waals surface area contributed by atoms with Gasteiger partial charge in [0.15, 0.2) is 0 Å². The summed E-state index contributed by atoms with van der Waals surface area (Å²) in [6, 6.07) is 7.39. The normalized spacial score (nSPS) is 12.2. The lowest BCUT2D eigenvalue weighted by Gasteiger charge is -2.16. The molecule has 2 N–H and O–H groups in total. The fraction of sp³-hybridized carbons (Fsp3) is 0.267. The minimum Gasteiger partial charge on any atom is -0.492 e. The van der Waals surface area contributed by atoms with Gasteiger partial charge >= 0.3 is 0 Å². The van der Waals surface area contributed by atoms with Crippen LogP contribution < -0.4 is 10.5 Å². The highest BCUT2D eigenvalue weighted by Crippen LogP contribution is 2.26. The second-order valence-corrected chi connectivity index (χ2v) is 4.80. The van der Waals surface area contributed by atoms with E-state index >= 15 is 0 Å². The maximum atomic E-state index is 6.30. The average molecular weight is 277 g/mol. The van der Waals surface area contributed by atoms with E-state index in [0.29, 0.717) is 11.6 Å². The summed E-state index contributed by atoms with van der Waals surface area (Å²) >= 11 is 6.03. The van der Waals surface area contributed by atoms with Gasteiger partial charge in [-0.05, 0) is 48.7 Å². The monoisotopic (exact) mass is 276 g/mol. The summed E-state index contributed by atoms with van der Waals surface area (Å²) in [4.78, 5) is 4.16. The smallest absolute Gasteiger partial charge is 0.137 e. The van der Waals surface area contributed by atoms with Crippen LogP contribution in [0.1, 0.15) is 29.7 Å². The Kier molecular flexibility index (Phi) is 4.40. The molecule has 0 aliphatic rings. The van der Waals surface area contributed by atoms with Crippen molar-refractivity contribution in [2.45, 2.75) is 19.9 Å². The lowest BCUT2D eigenvalue weighted by molar-refractivity contribution is 0.338. The molecule has 100 valence electrons. The van der Waals surface area contributed by atoms with Crippen LogP contribution in [0.3, 0.4) is 0 Å². The molecular weight excluding hydrogens is 260 g/mol. The van der Waals surface area contributed by atoms with Gasteiger partial charge in [-0.1, -0.05) is 17.7 Å². The zero-order valence-corrected chi connectivity index (χ0v) is 11.8. The van der Waals surface area contributed by atoms with Crippen molar-refractivity contribution >= 4 is 11.6 Å². The number of rotatable bonds is 4. The number of aryl methyl sites for hydroxylation is 1. The molecule has 1 heterocycles. The Balaban J connectivity index is 2.35. The molecule has 0 radical (unpaired) electrons. The van der Waals surface area contributed by atoms with Crippen LogP contribution in [0.15, 0.2) is 36.7 Å². The van der Waals surface area contributed by atoms with E-state index in [9.17, 15) is 0 Å². The maximum absolute atomic E-state index is 6.30. The number of benzene rings is 1. The molecule has 0 aliphatic carbocycles. The van der Waals surface area contributed by atoms with Gasteiger partial charge in [0, 0.05) is 11.2 Å². The van der Waals surface area contributed by atoms with E-state index in [1.807, 2.05) is 38.1 Å². The summed E-state index contributed by atoms with van der Waals surface area (Å²) in [6.45, 7) is 4.57. The van der Waals surface area contributed by atoms with Gasteiger partial charge in [-0.25, -0.2) is 0 Å². The van der Waals surface area contributed by atoms with E-state index < -0.39 is 0 Å². The number of hydrogen-bond acceptors (Lipinski definition) is 3. The molecule has 1 atom stereocenters. The van der Waals surface area contributed by atoms with Gasteiger partial charge in [-0.15, -0.1) is 0 Å². The molecule has 1 unspecified atom stereocenters. The second kappa shape index (κ2) is 6.04. The Labute approximate surface area is 118 Å². The van der Waals surface area contributed by atoms with Crippen LogP contribution in [0, 0.1) is 6.92 Å². The Morgan fingerprint density at radius 1 is 1.32 bits per heavy atom. The molecule has 0 amide bonds. The van der Waals surface area contributed by atoms with Crippen molar-refractivity contribution in [3.05, 3.63) is 58.4 Å². The van der Waals surface area contributed by atoms with E-state index in [4.69, 9.17) is 22.1 Å². The number of halogens is 1. The number of nitrogens with two attached hydrogens (primary N) is 1. The van der Waals surface area contributed by atoms with Crippen molar-refractivity contribution < 1.29 is 4.74 Å². The summed E-state index contributed by atoms with van der Waals surface area (Å²) in [5.74, 6) is 0.732. The molecular formula is C15H17ClN2O. The van der Waals surface area contributed by atoms with E-state index in [1.165, 1.54) is 0 Å². The highest BCUT2D eigenvalue weighted by molar-refractivity contribution is 6.30. The van der Waals surface area contributed by atoms with Crippen LogP contribution in [-0.2, 0) is 0 Å². The zero-order valence-electron chi connectivity index (χ0n) is 11.1. The Hall–Kier alpha value is -1.58. The second-order valence-electron chi connectivity index (χ2n) is 4.37. The summed E-state index contributed by atoms with van der Waals surface area (Å²) in [7, 11) is 0. The predicted molar refractivity (Wildman–Crippen MR) is 77.6 cm³/mol. The van der Waals surface area contributed by atoms with Crippen molar-refractivity contribution in [1.29, 1.82) is 0 Å². The Bertz CT molecular complexity index is 572. The van der Waals surface area contributed by atoms with Crippen LogP contribution in [0.5, 0.6) is 5.75 Å². The Morgan fingerprint density at radius 3 is 2.84 bits per heavy atom. The first kappa shape index (κ1) is 13.8. The maximum Gasteiger partial charge on any atom is 0.137 e. The minimum absolute atomic E-state index is 0.258. The number of nitrogens with zero attached hydrogens (tertiary/aromatic N) is 1. The third-order valence-electron chi connectivity index (χ3n) is 2.98. The van der Waals surface area contributed by atoms with Gasteiger partial charge in [-0.3, -0.25) is 4.98 Å². The summed E-state index contributed by atoms with van der Waals surface area (Å²) in [5, 5.41) is 0.685. The van der Waals surface area contributed by atoms with Crippen LogP contribution >= 0.6 is 11.6 Å². The molecule has 2 aromatic rings. The first-order valence-corrected chi connectivity index (χ1v) is 6.59. The summed E-state index contributed by atoms with van der Waals surface area (Å²) in [6.07, 6.45) is 3.44. The van der Waals surface area contributed by atoms with Crippen molar-refractivity contribution in [3.63, 3.8) is 0 Å². The first-order valence-electron chi connectivity index (χ1n) is 6.21. The van der Waals surface area contributed by atoms with Gasteiger partial charge < -0.3 is 10.5 Å². The highest BCUT2D eigenvalue weighted by Gasteiger charge is 2.13. The number of hydrogen-bond donors (Lipinski definition) is 1. The Morgan fingerprint density at radius 2 is 2.11 bits per heavy atom. The highest BCUT2D eigenvalue weighted by atomic mass is 35.5. The van der Waals surface area contributed by atoms with Crippen molar-refractivity contribution in [2.75, 3.05) is 6.61 Å². The fourth-order valence-electron chi connectivity index (χ4n) is 1.98. The molecule has 0 saturated carbocycles. The van der Waals surface area contributed by atoms with Crippen LogP contribution in [0.4, 0.5) is 0 Å². The molecule has 3 nitrogen and oxygen atoms in total. The molecule has 4 heteroatoms. The molecule has 0 aliphatic heterocycles. The van der Waals surface area contributed by atoms with Crippen molar-refractivity contribution in [1.82, 2.24) is 4.98 Å². The van der Waals surface area contributed by atoms with Gasteiger partial charge in [0.1, 0.15) is 5.75 Å². The number of aromatic nitrogens is 1. The largest absolute Gasteiger partial charge is 0.492 e. The molecule has 0 bridgehead atoms. The van der Waals surface area contributed by atoms with E-state index in [2.05, 4.69) is 4.98 Å².